The van der Waals surface area contributed by atoms with Crippen molar-refractivity contribution in [3.05, 3.63) is 78.0 Å². The second-order valence-corrected chi connectivity index (χ2v) is 7.12. The van der Waals surface area contributed by atoms with Crippen molar-refractivity contribution in [2.75, 3.05) is 5.75 Å². The maximum absolute atomic E-state index is 6.71. The van der Waals surface area contributed by atoms with E-state index in [-0.39, 0.29) is 6.04 Å². The first-order valence-corrected chi connectivity index (χ1v) is 9.39. The molecule has 0 fully saturated rings. The molecule has 0 bridgehead atoms. The largest absolute Gasteiger partial charge is 0.319 e. The van der Waals surface area contributed by atoms with Gasteiger partial charge in [0.25, 0.3) is 0 Å². The molecule has 0 aliphatic carbocycles. The van der Waals surface area contributed by atoms with Gasteiger partial charge in [0.15, 0.2) is 5.16 Å². The third kappa shape index (κ3) is 2.99. The van der Waals surface area contributed by atoms with Crippen molar-refractivity contribution in [1.29, 1.82) is 0 Å². The van der Waals surface area contributed by atoms with E-state index < -0.39 is 0 Å². The summed E-state index contributed by atoms with van der Waals surface area (Å²) in [6.07, 6.45) is 0. The van der Waals surface area contributed by atoms with E-state index in [0.717, 1.165) is 33.1 Å². The molecule has 1 atom stereocenters. The molecular weight excluding hydrogens is 326 g/mol. The molecule has 1 heterocycles. The van der Waals surface area contributed by atoms with Crippen LogP contribution in [0.4, 0.5) is 0 Å². The Bertz CT molecular complexity index is 1040. The predicted molar refractivity (Wildman–Crippen MR) is 106 cm³/mol. The van der Waals surface area contributed by atoms with Crippen LogP contribution < -0.4 is 5.73 Å². The Kier molecular flexibility index (Phi) is 4.38. The zero-order valence-corrected chi connectivity index (χ0v) is 14.8. The standard InChI is InChI=1S/C21H19N3S/c1-2-25-21-23-18-13-6-5-11-17(18)20(24-21)19(22)16-12-7-9-14-8-3-4-10-15(14)16/h3-13,19H,2,22H2,1H3. The quantitative estimate of drug-likeness (QED) is 0.420. The molecule has 4 aromatic rings. The molecule has 3 aromatic carbocycles. The molecule has 0 saturated heterocycles. The van der Waals surface area contributed by atoms with Gasteiger partial charge in [0.2, 0.25) is 0 Å². The minimum Gasteiger partial charge on any atom is -0.319 e. The normalized spacial score (nSPS) is 12.6. The number of thioether (sulfide) groups is 1. The Balaban J connectivity index is 1.93. The lowest BCUT2D eigenvalue weighted by molar-refractivity contribution is 0.808. The molecule has 4 rings (SSSR count). The summed E-state index contributed by atoms with van der Waals surface area (Å²) in [6.45, 7) is 2.10. The Morgan fingerprint density at radius 3 is 2.44 bits per heavy atom. The van der Waals surface area contributed by atoms with Crippen LogP contribution in [0, 0.1) is 0 Å². The Morgan fingerprint density at radius 1 is 0.880 bits per heavy atom. The van der Waals surface area contributed by atoms with E-state index in [1.807, 2.05) is 24.3 Å². The van der Waals surface area contributed by atoms with Gasteiger partial charge in [-0.3, -0.25) is 0 Å². The third-order valence-corrected chi connectivity index (χ3v) is 5.07. The molecule has 0 spiro atoms. The highest BCUT2D eigenvalue weighted by Gasteiger charge is 2.18. The van der Waals surface area contributed by atoms with E-state index in [4.69, 9.17) is 10.7 Å². The highest BCUT2D eigenvalue weighted by Crippen LogP contribution is 2.31. The molecule has 3 nitrogen and oxygen atoms in total. The van der Waals surface area contributed by atoms with Crippen molar-refractivity contribution in [3.8, 4) is 0 Å². The molecule has 1 aromatic heterocycles. The fraction of sp³-hybridized carbons (Fsp3) is 0.143. The number of nitrogens with two attached hydrogens (primary N) is 1. The summed E-state index contributed by atoms with van der Waals surface area (Å²) in [6, 6.07) is 22.4. The minimum atomic E-state index is -0.296. The molecule has 1 unspecified atom stereocenters. The fourth-order valence-corrected chi connectivity index (χ4v) is 3.76. The van der Waals surface area contributed by atoms with Crippen LogP contribution in [0.25, 0.3) is 21.7 Å². The summed E-state index contributed by atoms with van der Waals surface area (Å²) in [5.41, 5.74) is 9.64. The number of fused-ring (bicyclic) bond motifs is 2. The van der Waals surface area contributed by atoms with Crippen molar-refractivity contribution in [2.24, 2.45) is 5.73 Å². The lowest BCUT2D eigenvalue weighted by atomic mass is 9.95. The van der Waals surface area contributed by atoms with Gasteiger partial charge in [-0.2, -0.15) is 0 Å². The topological polar surface area (TPSA) is 51.8 Å². The van der Waals surface area contributed by atoms with Gasteiger partial charge in [0, 0.05) is 5.39 Å². The average Bonchev–Trinajstić information content (AvgIpc) is 2.66. The molecular formula is C21H19N3S. The van der Waals surface area contributed by atoms with Gasteiger partial charge >= 0.3 is 0 Å². The number of benzene rings is 3. The van der Waals surface area contributed by atoms with E-state index in [0.29, 0.717) is 0 Å². The monoisotopic (exact) mass is 345 g/mol. The van der Waals surface area contributed by atoms with Crippen LogP contribution in [-0.4, -0.2) is 15.7 Å². The molecule has 2 N–H and O–H groups in total. The van der Waals surface area contributed by atoms with E-state index >= 15 is 0 Å². The second kappa shape index (κ2) is 6.82. The lowest BCUT2D eigenvalue weighted by Crippen LogP contribution is -2.15. The number of hydrogen-bond donors (Lipinski definition) is 1. The molecule has 0 amide bonds. The first-order valence-electron chi connectivity index (χ1n) is 8.40. The Hall–Kier alpha value is -2.43. The number of aromatic nitrogens is 2. The SMILES string of the molecule is CCSc1nc(C(N)c2cccc3ccccc23)c2ccccc2n1. The van der Waals surface area contributed by atoms with Crippen LogP contribution in [-0.2, 0) is 0 Å². The van der Waals surface area contributed by atoms with Gasteiger partial charge in [-0.15, -0.1) is 0 Å². The summed E-state index contributed by atoms with van der Waals surface area (Å²) in [5, 5.41) is 4.16. The summed E-state index contributed by atoms with van der Waals surface area (Å²) >= 11 is 1.64. The molecule has 0 aliphatic heterocycles. The van der Waals surface area contributed by atoms with E-state index in [1.165, 1.54) is 10.8 Å². The first-order chi connectivity index (χ1) is 12.3. The van der Waals surface area contributed by atoms with E-state index in [1.54, 1.807) is 11.8 Å². The van der Waals surface area contributed by atoms with Gasteiger partial charge in [0.1, 0.15) is 0 Å². The number of nitrogens with zero attached hydrogens (tertiary/aromatic N) is 2. The van der Waals surface area contributed by atoms with Gasteiger partial charge in [0.05, 0.1) is 17.3 Å². The maximum atomic E-state index is 6.71. The zero-order chi connectivity index (χ0) is 17.2. The molecule has 124 valence electrons. The first kappa shape index (κ1) is 16.1. The number of hydrogen-bond acceptors (Lipinski definition) is 4. The molecule has 0 saturated carbocycles. The Labute approximate surface area is 151 Å². The zero-order valence-electron chi connectivity index (χ0n) is 14.0. The van der Waals surface area contributed by atoms with Crippen LogP contribution in [0.5, 0.6) is 0 Å². The van der Waals surface area contributed by atoms with Crippen molar-refractivity contribution < 1.29 is 0 Å². The number of rotatable bonds is 4. The lowest BCUT2D eigenvalue weighted by Gasteiger charge is -2.17. The molecule has 0 aliphatic rings. The summed E-state index contributed by atoms with van der Waals surface area (Å²) in [4.78, 5) is 9.46. The highest BCUT2D eigenvalue weighted by molar-refractivity contribution is 7.99. The van der Waals surface area contributed by atoms with E-state index in [9.17, 15) is 0 Å². The third-order valence-electron chi connectivity index (χ3n) is 4.34. The Morgan fingerprint density at radius 2 is 1.60 bits per heavy atom. The van der Waals surface area contributed by atoms with Crippen molar-refractivity contribution in [1.82, 2.24) is 9.97 Å². The fourth-order valence-electron chi connectivity index (χ4n) is 3.18. The van der Waals surface area contributed by atoms with Crippen LogP contribution in [0.15, 0.2) is 71.9 Å². The number of para-hydroxylation sites is 1. The summed E-state index contributed by atoms with van der Waals surface area (Å²) in [5.74, 6) is 0.932. The van der Waals surface area contributed by atoms with Crippen molar-refractivity contribution in [3.63, 3.8) is 0 Å². The predicted octanol–water partition coefficient (Wildman–Crippen LogP) is 4.94. The van der Waals surface area contributed by atoms with Gasteiger partial charge in [-0.25, -0.2) is 9.97 Å². The van der Waals surface area contributed by atoms with Crippen molar-refractivity contribution in [2.45, 2.75) is 18.1 Å². The highest BCUT2D eigenvalue weighted by atomic mass is 32.2. The van der Waals surface area contributed by atoms with E-state index in [2.05, 4.69) is 54.4 Å². The molecule has 0 radical (unpaired) electrons. The maximum Gasteiger partial charge on any atom is 0.188 e. The van der Waals surface area contributed by atoms with Crippen LogP contribution in [0.3, 0.4) is 0 Å². The van der Waals surface area contributed by atoms with Crippen LogP contribution in [0.2, 0.25) is 0 Å². The smallest absolute Gasteiger partial charge is 0.188 e. The van der Waals surface area contributed by atoms with Gasteiger partial charge in [-0.1, -0.05) is 79.3 Å². The van der Waals surface area contributed by atoms with Crippen LogP contribution >= 0.6 is 11.8 Å². The second-order valence-electron chi connectivity index (χ2n) is 5.89. The molecule has 4 heteroatoms. The minimum absolute atomic E-state index is 0.296. The average molecular weight is 345 g/mol. The summed E-state index contributed by atoms with van der Waals surface area (Å²) < 4.78 is 0. The summed E-state index contributed by atoms with van der Waals surface area (Å²) in [7, 11) is 0. The molecule has 25 heavy (non-hydrogen) atoms. The van der Waals surface area contributed by atoms with Gasteiger partial charge < -0.3 is 5.73 Å². The van der Waals surface area contributed by atoms with Crippen molar-refractivity contribution >= 4 is 33.4 Å². The van der Waals surface area contributed by atoms with Crippen LogP contribution in [0.1, 0.15) is 24.2 Å². The van der Waals surface area contributed by atoms with Gasteiger partial charge in [-0.05, 0) is 28.2 Å².